The fraction of sp³-hybridized carbons (Fsp3) is 0.250. The van der Waals surface area contributed by atoms with Gasteiger partial charge in [-0.05, 0) is 12.1 Å². The summed E-state index contributed by atoms with van der Waals surface area (Å²) in [5.41, 5.74) is 8.11. The minimum atomic E-state index is 0.613. The van der Waals surface area contributed by atoms with Crippen molar-refractivity contribution in [3.63, 3.8) is 0 Å². The maximum absolute atomic E-state index is 5.37. The van der Waals surface area contributed by atoms with Crippen LogP contribution in [0.1, 0.15) is 0 Å². The smallest absolute Gasteiger partial charge is 0.145 e. The third kappa shape index (κ3) is 1.76. The maximum Gasteiger partial charge on any atom is 0.145 e. The van der Waals surface area contributed by atoms with Gasteiger partial charge in [-0.1, -0.05) is 0 Å². The van der Waals surface area contributed by atoms with Crippen LogP contribution in [-0.2, 0) is 0 Å². The van der Waals surface area contributed by atoms with Crippen molar-refractivity contribution in [3.05, 3.63) is 17.6 Å². The van der Waals surface area contributed by atoms with Crippen LogP contribution in [0.2, 0.25) is 0 Å². The van der Waals surface area contributed by atoms with Crippen molar-refractivity contribution in [2.75, 3.05) is 18.4 Å². The Morgan fingerprint density at radius 3 is 3.23 bits per heavy atom. The summed E-state index contributed by atoms with van der Waals surface area (Å²) in [6, 6.07) is 3.87. The number of nitrogens with two attached hydrogens (primary N) is 1. The summed E-state index contributed by atoms with van der Waals surface area (Å²) >= 11 is 1.54. The Labute approximate surface area is 79.8 Å². The number of hydrogen-bond acceptors (Lipinski definition) is 5. The molecule has 0 unspecified atom stereocenters. The highest BCUT2D eigenvalue weighted by Crippen LogP contribution is 2.17. The average molecular weight is 194 g/mol. The number of fused-ring (bicyclic) bond motifs is 1. The zero-order valence-corrected chi connectivity index (χ0v) is 7.84. The highest BCUT2D eigenvalue weighted by Gasteiger charge is 1.98. The molecule has 2 heterocycles. The normalized spacial score (nSPS) is 10.5. The highest BCUT2D eigenvalue weighted by atomic mass is 32.1. The summed E-state index contributed by atoms with van der Waals surface area (Å²) in [4.78, 5) is 9.47. The summed E-state index contributed by atoms with van der Waals surface area (Å²) in [6.07, 6.45) is 0. The summed E-state index contributed by atoms with van der Waals surface area (Å²) in [6.45, 7) is 1.36. The monoisotopic (exact) mass is 194 g/mol. The highest BCUT2D eigenvalue weighted by molar-refractivity contribution is 7.16. The molecule has 3 N–H and O–H groups in total. The number of nitrogens with zero attached hydrogens (tertiary/aromatic N) is 2. The lowest BCUT2D eigenvalue weighted by atomic mass is 10.4. The van der Waals surface area contributed by atoms with Crippen molar-refractivity contribution in [1.82, 2.24) is 9.97 Å². The van der Waals surface area contributed by atoms with Gasteiger partial charge >= 0.3 is 0 Å². The predicted molar refractivity (Wildman–Crippen MR) is 55.0 cm³/mol. The van der Waals surface area contributed by atoms with Gasteiger partial charge in [-0.25, -0.2) is 9.97 Å². The van der Waals surface area contributed by atoms with E-state index in [1.54, 1.807) is 16.8 Å². The van der Waals surface area contributed by atoms with Crippen molar-refractivity contribution in [2.45, 2.75) is 0 Å². The topological polar surface area (TPSA) is 63.8 Å². The van der Waals surface area contributed by atoms with E-state index in [1.165, 1.54) is 0 Å². The molecule has 0 aliphatic heterocycles. The Morgan fingerprint density at radius 2 is 2.38 bits per heavy atom. The molecule has 0 fully saturated rings. The second-order valence-corrected chi connectivity index (χ2v) is 3.42. The number of pyridine rings is 1. The number of hydrogen-bond donors (Lipinski definition) is 2. The number of thiazole rings is 1. The lowest BCUT2D eigenvalue weighted by Crippen LogP contribution is -2.13. The Morgan fingerprint density at radius 1 is 1.46 bits per heavy atom. The fourth-order valence-electron chi connectivity index (χ4n) is 1.05. The second-order valence-electron chi connectivity index (χ2n) is 2.59. The van der Waals surface area contributed by atoms with Crippen LogP contribution in [0, 0.1) is 0 Å². The zero-order chi connectivity index (χ0) is 9.10. The van der Waals surface area contributed by atoms with Gasteiger partial charge < -0.3 is 11.1 Å². The molecule has 13 heavy (non-hydrogen) atoms. The minimum absolute atomic E-state index is 0.613. The lowest BCUT2D eigenvalue weighted by molar-refractivity contribution is 1.01. The first-order valence-corrected chi connectivity index (χ1v) is 4.92. The molecule has 0 amide bonds. The molecular formula is C8H10N4S. The molecular weight excluding hydrogens is 184 g/mol. The van der Waals surface area contributed by atoms with Gasteiger partial charge in [0, 0.05) is 13.1 Å². The largest absolute Gasteiger partial charge is 0.369 e. The van der Waals surface area contributed by atoms with E-state index in [0.717, 1.165) is 22.7 Å². The predicted octanol–water partition coefficient (Wildman–Crippen LogP) is 1.06. The van der Waals surface area contributed by atoms with E-state index in [4.69, 9.17) is 5.73 Å². The average Bonchev–Trinajstić information content (AvgIpc) is 2.61. The van der Waals surface area contributed by atoms with Crippen molar-refractivity contribution in [3.8, 4) is 0 Å². The number of aromatic nitrogens is 2. The van der Waals surface area contributed by atoms with E-state index in [9.17, 15) is 0 Å². The van der Waals surface area contributed by atoms with Gasteiger partial charge in [0.1, 0.15) is 16.2 Å². The van der Waals surface area contributed by atoms with Gasteiger partial charge in [0.25, 0.3) is 0 Å². The summed E-state index contributed by atoms with van der Waals surface area (Å²) in [5, 5.41) is 3.12. The molecule has 2 aromatic heterocycles. The lowest BCUT2D eigenvalue weighted by Gasteiger charge is -2.01. The van der Waals surface area contributed by atoms with Gasteiger partial charge in [-0.3, -0.25) is 0 Å². The molecule has 4 nitrogen and oxygen atoms in total. The zero-order valence-electron chi connectivity index (χ0n) is 7.03. The molecule has 0 saturated carbocycles. The van der Waals surface area contributed by atoms with E-state index in [1.807, 2.05) is 12.1 Å². The summed E-state index contributed by atoms with van der Waals surface area (Å²) in [5.74, 6) is 0.863. The van der Waals surface area contributed by atoms with E-state index in [2.05, 4.69) is 15.3 Å². The fourth-order valence-corrected chi connectivity index (χ4v) is 1.71. The molecule has 68 valence electrons. The molecule has 2 aromatic rings. The Balaban J connectivity index is 2.26. The van der Waals surface area contributed by atoms with Gasteiger partial charge in [0.15, 0.2) is 0 Å². The van der Waals surface area contributed by atoms with Crippen molar-refractivity contribution < 1.29 is 0 Å². The first-order valence-electron chi connectivity index (χ1n) is 4.04. The quantitative estimate of drug-likeness (QED) is 0.767. The summed E-state index contributed by atoms with van der Waals surface area (Å²) in [7, 11) is 0. The van der Waals surface area contributed by atoms with Crippen molar-refractivity contribution >= 4 is 27.5 Å². The Kier molecular flexibility index (Phi) is 2.37. The van der Waals surface area contributed by atoms with Crippen molar-refractivity contribution in [1.29, 1.82) is 0 Å². The number of anilines is 1. The van der Waals surface area contributed by atoms with Crippen LogP contribution in [0.25, 0.3) is 10.3 Å². The molecule has 0 atom stereocenters. The first-order chi connectivity index (χ1) is 6.40. The molecule has 0 bridgehead atoms. The molecule has 0 aliphatic carbocycles. The van der Waals surface area contributed by atoms with Crippen LogP contribution in [-0.4, -0.2) is 23.1 Å². The first kappa shape index (κ1) is 8.40. The van der Waals surface area contributed by atoms with Gasteiger partial charge in [-0.15, -0.1) is 11.3 Å². The molecule has 0 aromatic carbocycles. The third-order valence-corrected chi connectivity index (χ3v) is 2.38. The molecule has 0 saturated heterocycles. The number of nitrogens with one attached hydrogen (secondary N) is 1. The van der Waals surface area contributed by atoms with Gasteiger partial charge in [-0.2, -0.15) is 0 Å². The van der Waals surface area contributed by atoms with Crippen LogP contribution >= 0.6 is 11.3 Å². The molecule has 0 spiro atoms. The maximum atomic E-state index is 5.37. The van der Waals surface area contributed by atoms with E-state index in [0.29, 0.717) is 6.54 Å². The van der Waals surface area contributed by atoms with Crippen LogP contribution in [0.3, 0.4) is 0 Å². The van der Waals surface area contributed by atoms with E-state index < -0.39 is 0 Å². The van der Waals surface area contributed by atoms with Crippen LogP contribution in [0.5, 0.6) is 0 Å². The molecule has 0 aliphatic rings. The van der Waals surface area contributed by atoms with Crippen LogP contribution < -0.4 is 11.1 Å². The van der Waals surface area contributed by atoms with Crippen LogP contribution in [0.15, 0.2) is 17.6 Å². The Bertz CT molecular complexity index is 398. The van der Waals surface area contributed by atoms with Crippen molar-refractivity contribution in [2.24, 2.45) is 5.73 Å². The molecule has 0 radical (unpaired) electrons. The van der Waals surface area contributed by atoms with Gasteiger partial charge in [0.2, 0.25) is 0 Å². The molecule has 5 heteroatoms. The summed E-state index contributed by atoms with van der Waals surface area (Å²) < 4.78 is 0. The van der Waals surface area contributed by atoms with Crippen LogP contribution in [0.4, 0.5) is 5.82 Å². The Hall–Kier alpha value is -1.20. The standard InChI is InChI=1S/C8H10N4S/c9-3-4-10-7-2-1-6-8(12-7)13-5-11-6/h1-2,5H,3-4,9H2,(H,10,12). The SMILES string of the molecule is NCCNc1ccc2ncsc2n1. The molecule has 2 rings (SSSR count). The van der Waals surface area contributed by atoms with Gasteiger partial charge in [0.05, 0.1) is 5.51 Å². The minimum Gasteiger partial charge on any atom is -0.369 e. The van der Waals surface area contributed by atoms with E-state index in [-0.39, 0.29) is 0 Å². The van der Waals surface area contributed by atoms with E-state index >= 15 is 0 Å². The number of rotatable bonds is 3. The third-order valence-electron chi connectivity index (χ3n) is 1.65. The second kappa shape index (κ2) is 3.68.